The maximum atomic E-state index is 11.5. The van der Waals surface area contributed by atoms with E-state index in [2.05, 4.69) is 36.9 Å². The van der Waals surface area contributed by atoms with Crippen LogP contribution < -0.4 is 0 Å². The third-order valence-electron chi connectivity index (χ3n) is 3.98. The second-order valence-electron chi connectivity index (χ2n) is 5.61. The van der Waals surface area contributed by atoms with Crippen LogP contribution in [0.15, 0.2) is 18.2 Å². The molecule has 2 rings (SSSR count). The van der Waals surface area contributed by atoms with Crippen LogP contribution >= 0.6 is 0 Å². The fourth-order valence-electron chi connectivity index (χ4n) is 2.74. The number of Topliss-reactive ketones (excluding diaryl/α,β-unsaturated/α-hetero) is 1. The smallest absolute Gasteiger partial charge is 0.134 e. The van der Waals surface area contributed by atoms with Gasteiger partial charge in [0.2, 0.25) is 0 Å². The lowest BCUT2D eigenvalue weighted by Crippen LogP contribution is -2.37. The first kappa shape index (κ1) is 13.3. The average molecular weight is 245 g/mol. The minimum Gasteiger partial charge on any atom is -0.300 e. The van der Waals surface area contributed by atoms with E-state index in [0.717, 1.165) is 32.5 Å². The number of carbonyl (C=O) groups excluding carboxylic acids is 1. The molecule has 0 bridgehead atoms. The number of nitrogens with zero attached hydrogens (tertiary/aromatic N) is 1. The maximum Gasteiger partial charge on any atom is 0.134 e. The fourth-order valence-corrected chi connectivity index (χ4v) is 2.74. The van der Waals surface area contributed by atoms with Gasteiger partial charge < -0.3 is 0 Å². The Morgan fingerprint density at radius 2 is 2.17 bits per heavy atom. The molecule has 0 aliphatic carbocycles. The van der Waals surface area contributed by atoms with Gasteiger partial charge in [0.25, 0.3) is 0 Å². The predicted molar refractivity (Wildman–Crippen MR) is 74.6 cm³/mol. The number of hydrogen-bond donors (Lipinski definition) is 0. The van der Waals surface area contributed by atoms with Crippen LogP contribution in [0.2, 0.25) is 0 Å². The number of carbonyl (C=O) groups is 1. The molecule has 1 aliphatic rings. The molecule has 1 heterocycles. The summed E-state index contributed by atoms with van der Waals surface area (Å²) in [5.74, 6) is 0.601. The molecule has 0 spiro atoms. The van der Waals surface area contributed by atoms with Gasteiger partial charge in [0.1, 0.15) is 5.78 Å². The molecule has 98 valence electrons. The van der Waals surface area contributed by atoms with Crippen molar-refractivity contribution in [2.45, 2.75) is 40.2 Å². The van der Waals surface area contributed by atoms with Crippen LogP contribution in [0.5, 0.6) is 0 Å². The Labute approximate surface area is 110 Å². The van der Waals surface area contributed by atoms with Crippen molar-refractivity contribution in [1.82, 2.24) is 4.90 Å². The summed E-state index contributed by atoms with van der Waals surface area (Å²) in [4.78, 5) is 13.9. The molecule has 2 nitrogen and oxygen atoms in total. The molecule has 1 aromatic rings. The highest BCUT2D eigenvalue weighted by molar-refractivity contribution is 5.78. The van der Waals surface area contributed by atoms with Crippen LogP contribution in [0.25, 0.3) is 0 Å². The Morgan fingerprint density at radius 1 is 1.39 bits per heavy atom. The van der Waals surface area contributed by atoms with Gasteiger partial charge in [0, 0.05) is 19.0 Å². The molecular weight excluding hydrogens is 222 g/mol. The van der Waals surface area contributed by atoms with Crippen molar-refractivity contribution in [3.05, 3.63) is 34.9 Å². The molecule has 0 aromatic heterocycles. The van der Waals surface area contributed by atoms with Gasteiger partial charge in [-0.2, -0.15) is 0 Å². The number of ketones is 1. The zero-order chi connectivity index (χ0) is 13.1. The molecule has 1 aromatic carbocycles. The number of rotatable bonds is 3. The highest BCUT2D eigenvalue weighted by Gasteiger charge is 2.23. The van der Waals surface area contributed by atoms with E-state index in [1.54, 1.807) is 6.92 Å². The summed E-state index contributed by atoms with van der Waals surface area (Å²) in [6.45, 7) is 9.07. The molecule has 1 atom stereocenters. The molecule has 18 heavy (non-hydrogen) atoms. The third kappa shape index (κ3) is 3.20. The van der Waals surface area contributed by atoms with Crippen molar-refractivity contribution in [1.29, 1.82) is 0 Å². The molecule has 1 aliphatic heterocycles. The van der Waals surface area contributed by atoms with Crippen LogP contribution in [0.1, 0.15) is 36.5 Å². The van der Waals surface area contributed by atoms with Crippen LogP contribution in [0.3, 0.4) is 0 Å². The number of likely N-dealkylation sites (tertiary alicyclic amines) is 1. The Morgan fingerprint density at radius 3 is 2.89 bits per heavy atom. The van der Waals surface area contributed by atoms with Gasteiger partial charge in [-0.1, -0.05) is 23.8 Å². The topological polar surface area (TPSA) is 20.3 Å². The molecule has 0 radical (unpaired) electrons. The summed E-state index contributed by atoms with van der Waals surface area (Å²) < 4.78 is 0. The second-order valence-corrected chi connectivity index (χ2v) is 5.61. The van der Waals surface area contributed by atoms with Crippen molar-refractivity contribution in [3.8, 4) is 0 Å². The molecule has 0 N–H and O–H groups in total. The Hall–Kier alpha value is -1.15. The first-order valence-corrected chi connectivity index (χ1v) is 6.85. The zero-order valence-electron chi connectivity index (χ0n) is 11.7. The minimum absolute atomic E-state index is 0.254. The van der Waals surface area contributed by atoms with Gasteiger partial charge in [0.05, 0.1) is 0 Å². The van der Waals surface area contributed by atoms with Crippen LogP contribution in [-0.4, -0.2) is 23.8 Å². The van der Waals surface area contributed by atoms with Crippen molar-refractivity contribution in [3.63, 3.8) is 0 Å². The van der Waals surface area contributed by atoms with E-state index >= 15 is 0 Å². The Balaban J connectivity index is 2.04. The SMILES string of the molecule is CC(=O)C1CCCN(Cc2cc(C)ccc2C)C1. The van der Waals surface area contributed by atoms with Gasteiger partial charge in [-0.25, -0.2) is 0 Å². The van der Waals surface area contributed by atoms with E-state index in [1.807, 2.05) is 0 Å². The lowest BCUT2D eigenvalue weighted by atomic mass is 9.94. The highest BCUT2D eigenvalue weighted by atomic mass is 16.1. The summed E-state index contributed by atoms with van der Waals surface area (Å²) in [6.07, 6.45) is 2.22. The number of aryl methyl sites for hydroxylation is 2. The van der Waals surface area contributed by atoms with E-state index < -0.39 is 0 Å². The molecular formula is C16H23NO. The van der Waals surface area contributed by atoms with Crippen molar-refractivity contribution < 1.29 is 4.79 Å². The summed E-state index contributed by atoms with van der Waals surface area (Å²) >= 11 is 0. The largest absolute Gasteiger partial charge is 0.300 e. The molecule has 2 heteroatoms. The Kier molecular flexibility index (Phi) is 4.18. The summed E-state index contributed by atoms with van der Waals surface area (Å²) in [6, 6.07) is 6.62. The second kappa shape index (κ2) is 5.66. The van der Waals surface area contributed by atoms with E-state index in [0.29, 0.717) is 5.78 Å². The molecule has 1 saturated heterocycles. The normalized spacial score (nSPS) is 20.9. The fraction of sp³-hybridized carbons (Fsp3) is 0.562. The van der Waals surface area contributed by atoms with E-state index in [4.69, 9.17) is 0 Å². The predicted octanol–water partition coefficient (Wildman–Crippen LogP) is 3.10. The highest BCUT2D eigenvalue weighted by Crippen LogP contribution is 2.21. The molecule has 1 fully saturated rings. The molecule has 0 saturated carbocycles. The molecule has 0 amide bonds. The number of hydrogen-bond acceptors (Lipinski definition) is 2. The van der Waals surface area contributed by atoms with Crippen molar-refractivity contribution in [2.75, 3.05) is 13.1 Å². The molecule has 1 unspecified atom stereocenters. The number of benzene rings is 1. The van der Waals surface area contributed by atoms with Gasteiger partial charge in [0.15, 0.2) is 0 Å². The standard InChI is InChI=1S/C16H23NO/c1-12-6-7-13(2)16(9-12)11-17-8-4-5-15(10-17)14(3)18/h6-7,9,15H,4-5,8,10-11H2,1-3H3. The quantitative estimate of drug-likeness (QED) is 0.815. The van der Waals surface area contributed by atoms with Crippen molar-refractivity contribution in [2.24, 2.45) is 5.92 Å². The minimum atomic E-state index is 0.254. The van der Waals surface area contributed by atoms with Gasteiger partial charge in [-0.3, -0.25) is 9.69 Å². The lowest BCUT2D eigenvalue weighted by Gasteiger charge is -2.31. The third-order valence-corrected chi connectivity index (χ3v) is 3.98. The summed E-state index contributed by atoms with van der Waals surface area (Å²) in [5.41, 5.74) is 4.07. The van der Waals surface area contributed by atoms with Crippen LogP contribution in [0, 0.1) is 19.8 Å². The van der Waals surface area contributed by atoms with Gasteiger partial charge in [-0.05, 0) is 51.3 Å². The van der Waals surface area contributed by atoms with Crippen molar-refractivity contribution >= 4 is 5.78 Å². The summed E-state index contributed by atoms with van der Waals surface area (Å²) in [7, 11) is 0. The zero-order valence-corrected chi connectivity index (χ0v) is 11.7. The monoisotopic (exact) mass is 245 g/mol. The lowest BCUT2D eigenvalue weighted by molar-refractivity contribution is -0.122. The van der Waals surface area contributed by atoms with E-state index in [9.17, 15) is 4.79 Å². The average Bonchev–Trinajstić information content (AvgIpc) is 2.34. The number of piperidine rings is 1. The van der Waals surface area contributed by atoms with Crippen LogP contribution in [-0.2, 0) is 11.3 Å². The first-order valence-electron chi connectivity index (χ1n) is 6.85. The maximum absolute atomic E-state index is 11.5. The van der Waals surface area contributed by atoms with Crippen LogP contribution in [0.4, 0.5) is 0 Å². The van der Waals surface area contributed by atoms with E-state index in [-0.39, 0.29) is 5.92 Å². The van der Waals surface area contributed by atoms with Gasteiger partial charge in [-0.15, -0.1) is 0 Å². The van der Waals surface area contributed by atoms with E-state index in [1.165, 1.54) is 16.7 Å². The first-order chi connectivity index (χ1) is 8.56. The summed E-state index contributed by atoms with van der Waals surface area (Å²) in [5, 5.41) is 0. The Bertz CT molecular complexity index is 439. The van der Waals surface area contributed by atoms with Gasteiger partial charge >= 0.3 is 0 Å².